The molecule has 134 valence electrons. The molecule has 2 aliphatic rings. The molecule has 4 rings (SSSR count). The van der Waals surface area contributed by atoms with Crippen LogP contribution in [0.25, 0.3) is 0 Å². The molecular weight excluding hydrogens is 338 g/mol. The zero-order valence-electron chi connectivity index (χ0n) is 14.2. The Kier molecular flexibility index (Phi) is 6.05. The number of hydrogen-bond acceptors (Lipinski definition) is 4. The average Bonchev–Trinajstić information content (AvgIpc) is 3.17. The lowest BCUT2D eigenvalue weighted by atomic mass is 10.1. The van der Waals surface area contributed by atoms with Crippen molar-refractivity contribution >= 4 is 0 Å². The zero-order chi connectivity index (χ0) is 16.2. The first-order valence-electron chi connectivity index (χ1n) is 8.71. The van der Waals surface area contributed by atoms with E-state index in [1.165, 1.54) is 18.4 Å². The van der Waals surface area contributed by atoms with Gasteiger partial charge in [0.15, 0.2) is 11.5 Å². The van der Waals surface area contributed by atoms with Crippen LogP contribution in [-0.2, 0) is 0 Å². The largest absolute Gasteiger partial charge is 1.00 e. The summed E-state index contributed by atoms with van der Waals surface area (Å²) in [5.74, 6) is 2.41. The van der Waals surface area contributed by atoms with Crippen LogP contribution < -0.4 is 26.6 Å². The van der Waals surface area contributed by atoms with Crippen LogP contribution in [0.3, 0.4) is 0 Å². The fourth-order valence-electron chi connectivity index (χ4n) is 3.43. The predicted octanol–water partition coefficient (Wildman–Crippen LogP) is 0.678. The first-order chi connectivity index (χ1) is 11.9. The van der Waals surface area contributed by atoms with Gasteiger partial charge in [-0.1, -0.05) is 30.3 Å². The second kappa shape index (κ2) is 8.45. The molecule has 2 aromatic carbocycles. The number of likely N-dealkylation sites (tertiary alicyclic amines) is 1. The van der Waals surface area contributed by atoms with Crippen LogP contribution in [0.4, 0.5) is 0 Å². The van der Waals surface area contributed by atoms with E-state index < -0.39 is 0 Å². The van der Waals surface area contributed by atoms with Gasteiger partial charge in [-0.3, -0.25) is 4.90 Å². The van der Waals surface area contributed by atoms with Crippen molar-refractivity contribution in [1.29, 1.82) is 0 Å². The number of benzene rings is 2. The Bertz CT molecular complexity index is 674. The van der Waals surface area contributed by atoms with E-state index in [-0.39, 0.29) is 12.4 Å². The predicted molar refractivity (Wildman–Crippen MR) is 92.9 cm³/mol. The van der Waals surface area contributed by atoms with Gasteiger partial charge in [-0.05, 0) is 43.6 Å². The molecule has 0 N–H and O–H groups in total. The lowest BCUT2D eigenvalue weighted by Crippen LogP contribution is -3.00. The van der Waals surface area contributed by atoms with Gasteiger partial charge in [0.2, 0.25) is 0 Å². The lowest BCUT2D eigenvalue weighted by molar-refractivity contribution is -0.00000589. The molecule has 4 nitrogen and oxygen atoms in total. The molecule has 2 aromatic rings. The summed E-state index contributed by atoms with van der Waals surface area (Å²) < 4.78 is 17.3. The monoisotopic (exact) mass is 360 g/mol. The number of rotatable bonds is 5. The van der Waals surface area contributed by atoms with E-state index in [4.69, 9.17) is 14.2 Å². The lowest BCUT2D eigenvalue weighted by Gasteiger charge is -2.28. The van der Waals surface area contributed by atoms with Crippen LogP contribution >= 0.6 is 0 Å². The second-order valence-corrected chi connectivity index (χ2v) is 6.29. The smallest absolute Gasteiger partial charge is 0.165 e. The first kappa shape index (κ1) is 17.9. The summed E-state index contributed by atoms with van der Waals surface area (Å²) in [5.41, 5.74) is 1.32. The number of fused-ring (bicyclic) bond motifs is 1. The van der Waals surface area contributed by atoms with E-state index in [1.54, 1.807) is 0 Å². The highest BCUT2D eigenvalue weighted by molar-refractivity contribution is 5.46. The Morgan fingerprint density at radius 3 is 2.40 bits per heavy atom. The molecule has 25 heavy (non-hydrogen) atoms. The fourth-order valence-corrected chi connectivity index (χ4v) is 3.43. The van der Waals surface area contributed by atoms with E-state index in [9.17, 15) is 0 Å². The molecule has 1 fully saturated rings. The third-order valence-corrected chi connectivity index (χ3v) is 4.69. The minimum atomic E-state index is 0. The number of nitrogens with zero attached hydrogens (tertiary/aromatic N) is 1. The third-order valence-electron chi connectivity index (χ3n) is 4.69. The van der Waals surface area contributed by atoms with Crippen LogP contribution in [-0.4, -0.2) is 37.8 Å². The normalized spacial score (nSPS) is 17.6. The first-order valence-corrected chi connectivity index (χ1v) is 8.71. The Balaban J connectivity index is 0.00000182. The van der Waals surface area contributed by atoms with Gasteiger partial charge >= 0.3 is 0 Å². The molecular formula is C20H23ClNO3-. The van der Waals surface area contributed by atoms with Crippen molar-refractivity contribution < 1.29 is 26.6 Å². The molecule has 5 heteroatoms. The van der Waals surface area contributed by atoms with Crippen LogP contribution in [0.15, 0.2) is 48.5 Å². The molecule has 0 aromatic heterocycles. The molecule has 0 aliphatic carbocycles. The summed E-state index contributed by atoms with van der Waals surface area (Å²) in [4.78, 5) is 2.52. The molecule has 2 heterocycles. The van der Waals surface area contributed by atoms with Crippen molar-refractivity contribution in [1.82, 2.24) is 4.90 Å². The quantitative estimate of drug-likeness (QED) is 0.784. The van der Waals surface area contributed by atoms with Crippen LogP contribution in [0.1, 0.15) is 24.4 Å². The molecule has 1 saturated heterocycles. The maximum Gasteiger partial charge on any atom is 0.165 e. The van der Waals surface area contributed by atoms with Crippen molar-refractivity contribution in [2.45, 2.75) is 18.9 Å². The van der Waals surface area contributed by atoms with Crippen molar-refractivity contribution in [3.8, 4) is 17.2 Å². The Morgan fingerprint density at radius 2 is 1.64 bits per heavy atom. The van der Waals surface area contributed by atoms with Gasteiger partial charge in [-0.15, -0.1) is 0 Å². The number of ether oxygens (including phenoxy) is 3. The van der Waals surface area contributed by atoms with Gasteiger partial charge in [0.05, 0.1) is 6.04 Å². The summed E-state index contributed by atoms with van der Waals surface area (Å²) >= 11 is 0. The molecule has 2 aliphatic heterocycles. The molecule has 0 amide bonds. The molecule has 0 bridgehead atoms. The summed E-state index contributed by atoms with van der Waals surface area (Å²) in [7, 11) is 0. The van der Waals surface area contributed by atoms with E-state index in [0.717, 1.165) is 30.3 Å². The summed E-state index contributed by atoms with van der Waals surface area (Å²) in [6.07, 6.45) is 2.54. The minimum absolute atomic E-state index is 0. The average molecular weight is 361 g/mol. The number of halogens is 1. The van der Waals surface area contributed by atoms with E-state index >= 15 is 0 Å². The SMILES string of the molecule is [Cl-].c1ccc(C(COc2ccc3c(c2)OCCO3)N2CCCC2)cc1. The van der Waals surface area contributed by atoms with E-state index in [1.807, 2.05) is 18.2 Å². The van der Waals surface area contributed by atoms with Gasteiger partial charge in [-0.25, -0.2) is 0 Å². The van der Waals surface area contributed by atoms with Crippen molar-refractivity contribution in [2.24, 2.45) is 0 Å². The van der Waals surface area contributed by atoms with Gasteiger partial charge in [-0.2, -0.15) is 0 Å². The fraction of sp³-hybridized carbons (Fsp3) is 0.400. The van der Waals surface area contributed by atoms with Gasteiger partial charge < -0.3 is 26.6 Å². The van der Waals surface area contributed by atoms with Gasteiger partial charge in [0, 0.05) is 6.07 Å². The molecule has 0 saturated carbocycles. The highest BCUT2D eigenvalue weighted by Gasteiger charge is 2.24. The van der Waals surface area contributed by atoms with Crippen LogP contribution in [0, 0.1) is 0 Å². The standard InChI is InChI=1S/C20H23NO3.ClH/c1-2-6-16(7-3-1)18(21-10-4-5-11-21)15-24-17-8-9-19-20(14-17)23-13-12-22-19;/h1-3,6-9,14,18H,4-5,10-13,15H2;1H/p-1. The topological polar surface area (TPSA) is 30.9 Å². The maximum absolute atomic E-state index is 6.12. The maximum atomic E-state index is 6.12. The summed E-state index contributed by atoms with van der Waals surface area (Å²) in [6, 6.07) is 16.8. The van der Waals surface area contributed by atoms with Crippen molar-refractivity contribution in [3.05, 3.63) is 54.1 Å². The van der Waals surface area contributed by atoms with Crippen LogP contribution in [0.2, 0.25) is 0 Å². The Labute approximate surface area is 155 Å². The highest BCUT2D eigenvalue weighted by Crippen LogP contribution is 2.34. The second-order valence-electron chi connectivity index (χ2n) is 6.29. The van der Waals surface area contributed by atoms with Gasteiger partial charge in [0.25, 0.3) is 0 Å². The Hall–Kier alpha value is -1.91. The zero-order valence-corrected chi connectivity index (χ0v) is 15.0. The third kappa shape index (κ3) is 4.20. The highest BCUT2D eigenvalue weighted by atomic mass is 35.5. The van der Waals surface area contributed by atoms with E-state index in [2.05, 4.69) is 35.2 Å². The minimum Gasteiger partial charge on any atom is -1.00 e. The van der Waals surface area contributed by atoms with Crippen LogP contribution in [0.5, 0.6) is 17.2 Å². The molecule has 1 unspecified atom stereocenters. The number of hydrogen-bond donors (Lipinski definition) is 0. The molecule has 0 spiro atoms. The Morgan fingerprint density at radius 1 is 0.920 bits per heavy atom. The molecule has 1 atom stereocenters. The van der Waals surface area contributed by atoms with E-state index in [0.29, 0.717) is 25.9 Å². The van der Waals surface area contributed by atoms with Gasteiger partial charge in [0.1, 0.15) is 25.6 Å². The summed E-state index contributed by atoms with van der Waals surface area (Å²) in [6.45, 7) is 4.13. The van der Waals surface area contributed by atoms with Crippen molar-refractivity contribution in [2.75, 3.05) is 32.9 Å². The van der Waals surface area contributed by atoms with Crippen molar-refractivity contribution in [3.63, 3.8) is 0 Å². The molecule has 0 radical (unpaired) electrons. The summed E-state index contributed by atoms with van der Waals surface area (Å²) in [5, 5.41) is 0.